The van der Waals surface area contributed by atoms with E-state index in [1.54, 1.807) is 0 Å². The summed E-state index contributed by atoms with van der Waals surface area (Å²) in [5, 5.41) is 0.171. The van der Waals surface area contributed by atoms with Crippen molar-refractivity contribution >= 4 is 21.7 Å². The molecular weight excluding hydrogens is 289 g/mol. The van der Waals surface area contributed by atoms with Gasteiger partial charge < -0.3 is 4.74 Å². The summed E-state index contributed by atoms with van der Waals surface area (Å²) in [4.78, 5) is 11.0. The van der Waals surface area contributed by atoms with Gasteiger partial charge in [0.25, 0.3) is 0 Å². The number of carbonyl (C=O) groups excluding carboxylic acids is 1. The molecule has 0 atom stereocenters. The largest absolute Gasteiger partial charge is 0.432 e. The van der Waals surface area contributed by atoms with Crippen molar-refractivity contribution < 1.29 is 22.7 Å². The van der Waals surface area contributed by atoms with Gasteiger partial charge in [0.15, 0.2) is 11.6 Å². The molecule has 1 aromatic rings. The van der Waals surface area contributed by atoms with Crippen molar-refractivity contribution in [3.63, 3.8) is 0 Å². The fraction of sp³-hybridized carbons (Fsp3) is 0.300. The lowest BCUT2D eigenvalue weighted by molar-refractivity contribution is -0.115. The zero-order valence-corrected chi connectivity index (χ0v) is 9.64. The second-order valence-electron chi connectivity index (χ2n) is 2.99. The fourth-order valence-corrected chi connectivity index (χ4v) is 1.32. The number of ether oxygens (including phenoxy) is 1. The third-order valence-corrected chi connectivity index (χ3v) is 2.39. The Morgan fingerprint density at radius 2 is 2.12 bits per heavy atom. The van der Waals surface area contributed by atoms with Crippen LogP contribution in [0, 0.1) is 5.82 Å². The van der Waals surface area contributed by atoms with Gasteiger partial charge in [-0.05, 0) is 17.7 Å². The number of Topliss-reactive ketones (excluding diaryl/α,β-unsaturated/α-hetero) is 1. The molecular formula is C10H8BrF3O2. The predicted octanol–water partition coefficient (Wildman–Crippen LogP) is 2.93. The van der Waals surface area contributed by atoms with Crippen molar-refractivity contribution in [1.82, 2.24) is 0 Å². The molecule has 16 heavy (non-hydrogen) atoms. The van der Waals surface area contributed by atoms with E-state index < -0.39 is 18.2 Å². The molecule has 0 saturated heterocycles. The number of rotatable bonds is 5. The molecule has 88 valence electrons. The van der Waals surface area contributed by atoms with Crippen LogP contribution in [0.15, 0.2) is 18.2 Å². The highest BCUT2D eigenvalue weighted by atomic mass is 79.9. The minimum Gasteiger partial charge on any atom is -0.432 e. The first-order valence-electron chi connectivity index (χ1n) is 4.34. The van der Waals surface area contributed by atoms with E-state index in [0.717, 1.165) is 12.1 Å². The second-order valence-corrected chi connectivity index (χ2v) is 3.55. The van der Waals surface area contributed by atoms with E-state index in [9.17, 15) is 18.0 Å². The number of alkyl halides is 3. The number of hydrogen-bond acceptors (Lipinski definition) is 2. The molecule has 0 unspecified atom stereocenters. The number of ketones is 1. The molecule has 0 fully saturated rings. The van der Waals surface area contributed by atoms with E-state index in [0.29, 0.717) is 5.56 Å². The third kappa shape index (κ3) is 3.84. The van der Waals surface area contributed by atoms with Gasteiger partial charge in [-0.15, -0.1) is 0 Å². The van der Waals surface area contributed by atoms with Gasteiger partial charge in [0.05, 0.1) is 5.33 Å². The monoisotopic (exact) mass is 296 g/mol. The normalized spacial score (nSPS) is 10.6. The standard InChI is InChI=1S/C10H8BrF3O2/c11-5-7(15)3-6-1-2-9(8(12)4-6)16-10(13)14/h1-2,4,10H,3,5H2. The molecule has 1 aromatic carbocycles. The predicted molar refractivity (Wildman–Crippen MR) is 55.5 cm³/mol. The van der Waals surface area contributed by atoms with Gasteiger partial charge in [0, 0.05) is 6.42 Å². The summed E-state index contributed by atoms with van der Waals surface area (Å²) in [7, 11) is 0. The molecule has 0 aliphatic carbocycles. The molecule has 0 N–H and O–H groups in total. The van der Waals surface area contributed by atoms with Crippen molar-refractivity contribution in [2.45, 2.75) is 13.0 Å². The molecule has 0 aliphatic rings. The molecule has 0 aliphatic heterocycles. The lowest BCUT2D eigenvalue weighted by atomic mass is 10.1. The van der Waals surface area contributed by atoms with Crippen molar-refractivity contribution in [2.75, 3.05) is 5.33 Å². The van der Waals surface area contributed by atoms with Crippen LogP contribution < -0.4 is 4.74 Å². The van der Waals surface area contributed by atoms with Crippen molar-refractivity contribution in [1.29, 1.82) is 0 Å². The van der Waals surface area contributed by atoms with E-state index in [2.05, 4.69) is 20.7 Å². The Balaban J connectivity index is 2.78. The highest BCUT2D eigenvalue weighted by molar-refractivity contribution is 9.09. The molecule has 6 heteroatoms. The average Bonchev–Trinajstić information content (AvgIpc) is 2.21. The van der Waals surface area contributed by atoms with Crippen LogP contribution in [0.1, 0.15) is 5.56 Å². The molecule has 0 heterocycles. The first-order chi connectivity index (χ1) is 7.52. The molecule has 0 amide bonds. The summed E-state index contributed by atoms with van der Waals surface area (Å²) in [6.45, 7) is -3.07. The van der Waals surface area contributed by atoms with Crippen molar-refractivity contribution in [2.24, 2.45) is 0 Å². The quantitative estimate of drug-likeness (QED) is 0.781. The zero-order chi connectivity index (χ0) is 12.1. The Hall–Kier alpha value is -1.04. The van der Waals surface area contributed by atoms with E-state index in [-0.39, 0.29) is 17.5 Å². The number of benzene rings is 1. The topological polar surface area (TPSA) is 26.3 Å². The van der Waals surface area contributed by atoms with Gasteiger partial charge in [0.1, 0.15) is 5.78 Å². The summed E-state index contributed by atoms with van der Waals surface area (Å²) in [5.74, 6) is -1.55. The maximum Gasteiger partial charge on any atom is 0.387 e. The van der Waals surface area contributed by atoms with Crippen LogP contribution >= 0.6 is 15.9 Å². The minimum atomic E-state index is -3.07. The van der Waals surface area contributed by atoms with Crippen molar-refractivity contribution in [3.05, 3.63) is 29.6 Å². The van der Waals surface area contributed by atoms with Crippen LogP contribution in [0.25, 0.3) is 0 Å². The molecule has 0 saturated carbocycles. The zero-order valence-electron chi connectivity index (χ0n) is 8.05. The Kier molecular flexibility index (Phi) is 4.79. The Bertz CT molecular complexity index is 382. The minimum absolute atomic E-state index is 0.0527. The third-order valence-electron chi connectivity index (χ3n) is 1.76. The average molecular weight is 297 g/mol. The summed E-state index contributed by atoms with van der Waals surface area (Å²) >= 11 is 2.97. The van der Waals surface area contributed by atoms with Gasteiger partial charge in [-0.1, -0.05) is 22.0 Å². The van der Waals surface area contributed by atoms with Gasteiger partial charge in [-0.3, -0.25) is 4.79 Å². The first kappa shape index (κ1) is 13.0. The molecule has 1 rings (SSSR count). The van der Waals surface area contributed by atoms with Crippen LogP contribution in [0.2, 0.25) is 0 Å². The maximum absolute atomic E-state index is 13.2. The van der Waals surface area contributed by atoms with Gasteiger partial charge >= 0.3 is 6.61 Å². The molecule has 0 radical (unpaired) electrons. The SMILES string of the molecule is O=C(CBr)Cc1ccc(OC(F)F)c(F)c1. The maximum atomic E-state index is 13.2. The molecule has 2 nitrogen and oxygen atoms in total. The van der Waals surface area contributed by atoms with E-state index in [1.165, 1.54) is 6.07 Å². The van der Waals surface area contributed by atoms with Crippen LogP contribution in [-0.2, 0) is 11.2 Å². The highest BCUT2D eigenvalue weighted by Gasteiger charge is 2.11. The first-order valence-corrected chi connectivity index (χ1v) is 5.46. The van der Waals surface area contributed by atoms with Gasteiger partial charge in [0.2, 0.25) is 0 Å². The van der Waals surface area contributed by atoms with E-state index >= 15 is 0 Å². The summed E-state index contributed by atoms with van der Waals surface area (Å²) in [5.41, 5.74) is 0.420. The Labute approximate surface area is 98.5 Å². The molecule has 0 bridgehead atoms. The fourth-order valence-electron chi connectivity index (χ4n) is 1.12. The molecule has 0 spiro atoms. The summed E-state index contributed by atoms with van der Waals surface area (Å²) < 4.78 is 40.7. The van der Waals surface area contributed by atoms with Crippen LogP contribution in [-0.4, -0.2) is 17.7 Å². The summed E-state index contributed by atoms with van der Waals surface area (Å²) in [6, 6.07) is 3.47. The second kappa shape index (κ2) is 5.89. The summed E-state index contributed by atoms with van der Waals surface area (Å²) in [6.07, 6.45) is 0.0527. The van der Waals surface area contributed by atoms with Crippen molar-refractivity contribution in [3.8, 4) is 5.75 Å². The van der Waals surface area contributed by atoms with Crippen LogP contribution in [0.5, 0.6) is 5.75 Å². The number of carbonyl (C=O) groups is 1. The number of halogens is 4. The lowest BCUT2D eigenvalue weighted by Gasteiger charge is -2.06. The number of hydrogen-bond donors (Lipinski definition) is 0. The lowest BCUT2D eigenvalue weighted by Crippen LogP contribution is -2.06. The van der Waals surface area contributed by atoms with Crippen LogP contribution in [0.3, 0.4) is 0 Å². The van der Waals surface area contributed by atoms with Crippen LogP contribution in [0.4, 0.5) is 13.2 Å². The van der Waals surface area contributed by atoms with Gasteiger partial charge in [-0.25, -0.2) is 4.39 Å². The smallest absolute Gasteiger partial charge is 0.387 e. The van der Waals surface area contributed by atoms with E-state index in [4.69, 9.17) is 0 Å². The molecule has 0 aromatic heterocycles. The Morgan fingerprint density at radius 3 is 2.62 bits per heavy atom. The van der Waals surface area contributed by atoms with E-state index in [1.807, 2.05) is 0 Å². The highest BCUT2D eigenvalue weighted by Crippen LogP contribution is 2.20. The van der Waals surface area contributed by atoms with Gasteiger partial charge in [-0.2, -0.15) is 8.78 Å². The Morgan fingerprint density at radius 1 is 1.44 bits per heavy atom.